The summed E-state index contributed by atoms with van der Waals surface area (Å²) >= 11 is 6.05. The molecule has 140 valence electrons. The molecule has 0 aromatic heterocycles. The molecule has 0 spiro atoms. The van der Waals surface area contributed by atoms with E-state index >= 15 is 0 Å². The summed E-state index contributed by atoms with van der Waals surface area (Å²) in [5.74, 6) is 0. The Bertz CT molecular complexity index is 818. The van der Waals surface area contributed by atoms with Gasteiger partial charge in [0.1, 0.15) is 6.29 Å². The first-order valence-corrected chi connectivity index (χ1v) is 10.1. The van der Waals surface area contributed by atoms with Gasteiger partial charge in [0.25, 0.3) is 0 Å². The van der Waals surface area contributed by atoms with Gasteiger partial charge in [-0.3, -0.25) is 9.69 Å². The second-order valence-corrected chi connectivity index (χ2v) is 7.85. The Morgan fingerprint density at radius 2 is 1.59 bits per heavy atom. The second kappa shape index (κ2) is 8.28. The number of rotatable bonds is 5. The van der Waals surface area contributed by atoms with Crippen molar-refractivity contribution in [3.8, 4) is 0 Å². The van der Waals surface area contributed by atoms with E-state index in [0.29, 0.717) is 0 Å². The fourth-order valence-corrected chi connectivity index (χ4v) is 4.30. The molecule has 4 rings (SSSR count). The summed E-state index contributed by atoms with van der Waals surface area (Å²) in [6.07, 6.45) is 4.55. The summed E-state index contributed by atoms with van der Waals surface area (Å²) in [5.41, 5.74) is 6.41. The van der Waals surface area contributed by atoms with Gasteiger partial charge in [-0.25, -0.2) is 0 Å². The molecule has 0 unspecified atom stereocenters. The third-order valence-electron chi connectivity index (χ3n) is 5.71. The number of aldehydes is 1. The van der Waals surface area contributed by atoms with Crippen molar-refractivity contribution in [1.82, 2.24) is 4.90 Å². The third kappa shape index (κ3) is 4.26. The van der Waals surface area contributed by atoms with Crippen molar-refractivity contribution in [3.63, 3.8) is 0 Å². The van der Waals surface area contributed by atoms with E-state index in [4.69, 9.17) is 11.6 Å². The summed E-state index contributed by atoms with van der Waals surface area (Å²) in [4.78, 5) is 15.8. The molecular weight excluding hydrogens is 356 g/mol. The van der Waals surface area contributed by atoms with Crippen LogP contribution in [0.1, 0.15) is 35.2 Å². The van der Waals surface area contributed by atoms with E-state index < -0.39 is 0 Å². The molecule has 1 saturated heterocycles. The Labute approximate surface area is 166 Å². The highest BCUT2D eigenvalue weighted by molar-refractivity contribution is 6.30. The molecule has 3 nitrogen and oxygen atoms in total. The quantitative estimate of drug-likeness (QED) is 0.688. The molecule has 2 aromatic carbocycles. The molecular formula is C23H25ClN2O. The number of carbonyl (C=O) groups is 1. The summed E-state index contributed by atoms with van der Waals surface area (Å²) in [6.45, 7) is 5.30. The molecule has 0 radical (unpaired) electrons. The lowest BCUT2D eigenvalue weighted by molar-refractivity contribution is 0.112. The Hall–Kier alpha value is -2.10. The van der Waals surface area contributed by atoms with Crippen LogP contribution in [0.15, 0.2) is 54.1 Å². The molecule has 1 aliphatic heterocycles. The minimum absolute atomic E-state index is 0.736. The lowest BCUT2D eigenvalue weighted by atomic mass is 10.0. The summed E-state index contributed by atoms with van der Waals surface area (Å²) < 4.78 is 0. The van der Waals surface area contributed by atoms with Crippen LogP contribution in [0, 0.1) is 0 Å². The van der Waals surface area contributed by atoms with E-state index in [1.807, 2.05) is 24.3 Å². The lowest BCUT2D eigenvalue weighted by Crippen LogP contribution is -2.46. The summed E-state index contributed by atoms with van der Waals surface area (Å²) in [7, 11) is 0. The van der Waals surface area contributed by atoms with Crippen molar-refractivity contribution in [2.45, 2.75) is 19.3 Å². The summed E-state index contributed by atoms with van der Waals surface area (Å²) in [5, 5.41) is 0.802. The maximum absolute atomic E-state index is 10.8. The number of hydrogen-bond acceptors (Lipinski definition) is 3. The highest BCUT2D eigenvalue weighted by atomic mass is 35.5. The first-order chi connectivity index (χ1) is 13.2. The second-order valence-electron chi connectivity index (χ2n) is 7.42. The first-order valence-electron chi connectivity index (χ1n) is 9.72. The molecule has 1 fully saturated rings. The molecule has 1 heterocycles. The number of halogens is 1. The van der Waals surface area contributed by atoms with Gasteiger partial charge in [0.2, 0.25) is 0 Å². The first kappa shape index (κ1) is 18.3. The fourth-order valence-electron chi connectivity index (χ4n) is 4.18. The van der Waals surface area contributed by atoms with Crippen LogP contribution in [0.2, 0.25) is 5.02 Å². The zero-order chi connectivity index (χ0) is 18.6. The molecule has 2 aliphatic rings. The predicted molar refractivity (Wildman–Crippen MR) is 113 cm³/mol. The number of benzene rings is 2. The average molecular weight is 381 g/mol. The van der Waals surface area contributed by atoms with Crippen LogP contribution < -0.4 is 4.90 Å². The predicted octanol–water partition coefficient (Wildman–Crippen LogP) is 4.91. The number of allylic oxidation sites excluding steroid dienone is 1. The normalized spacial score (nSPS) is 18.2. The van der Waals surface area contributed by atoms with E-state index in [9.17, 15) is 4.79 Å². The molecule has 27 heavy (non-hydrogen) atoms. The largest absolute Gasteiger partial charge is 0.369 e. The number of nitrogens with zero attached hydrogens (tertiary/aromatic N) is 2. The molecule has 4 heteroatoms. The monoisotopic (exact) mass is 380 g/mol. The van der Waals surface area contributed by atoms with Gasteiger partial charge in [0, 0.05) is 49.0 Å². The number of carbonyl (C=O) groups excluding carboxylic acids is 1. The van der Waals surface area contributed by atoms with Crippen molar-refractivity contribution < 1.29 is 4.79 Å². The van der Waals surface area contributed by atoms with Gasteiger partial charge in [0.15, 0.2) is 0 Å². The molecule has 1 aliphatic carbocycles. The molecule has 0 atom stereocenters. The van der Waals surface area contributed by atoms with Crippen molar-refractivity contribution in [3.05, 3.63) is 70.3 Å². The van der Waals surface area contributed by atoms with Crippen LogP contribution in [-0.4, -0.2) is 43.9 Å². The van der Waals surface area contributed by atoms with Gasteiger partial charge in [0.05, 0.1) is 0 Å². The van der Waals surface area contributed by atoms with E-state index in [1.54, 1.807) is 5.57 Å². The maximum Gasteiger partial charge on any atom is 0.150 e. The third-order valence-corrected chi connectivity index (χ3v) is 5.96. The van der Waals surface area contributed by atoms with Crippen molar-refractivity contribution in [1.29, 1.82) is 0 Å². The Morgan fingerprint density at radius 1 is 0.889 bits per heavy atom. The molecule has 0 bridgehead atoms. The number of hydrogen-bond donors (Lipinski definition) is 0. The fraction of sp³-hybridized carbons (Fsp3) is 0.348. The number of anilines is 1. The van der Waals surface area contributed by atoms with E-state index in [-0.39, 0.29) is 0 Å². The van der Waals surface area contributed by atoms with Gasteiger partial charge >= 0.3 is 0 Å². The summed E-state index contributed by atoms with van der Waals surface area (Å²) in [6, 6.07) is 16.2. The number of piperazine rings is 1. The Balaban J connectivity index is 1.38. The maximum atomic E-state index is 10.8. The zero-order valence-electron chi connectivity index (χ0n) is 15.5. The van der Waals surface area contributed by atoms with Crippen molar-refractivity contribution in [2.75, 3.05) is 37.6 Å². The minimum atomic E-state index is 0.736. The van der Waals surface area contributed by atoms with Crippen molar-refractivity contribution in [2.24, 2.45) is 0 Å². The van der Waals surface area contributed by atoms with E-state index in [0.717, 1.165) is 49.6 Å². The van der Waals surface area contributed by atoms with Gasteiger partial charge < -0.3 is 4.90 Å². The molecule has 0 amide bonds. The average Bonchev–Trinajstić information content (AvgIpc) is 3.17. The van der Waals surface area contributed by atoms with Crippen LogP contribution in [-0.2, 0) is 0 Å². The standard InChI is InChI=1S/C23H25ClN2O/c24-21-8-6-19(7-9-21)23-3-1-2-20(23)16-25-12-14-26(15-13-25)22-10-4-18(17-27)5-11-22/h4-11,17H,1-3,12-16H2. The van der Waals surface area contributed by atoms with Crippen LogP contribution >= 0.6 is 11.6 Å². The van der Waals surface area contributed by atoms with Crippen LogP contribution in [0.4, 0.5) is 5.69 Å². The zero-order valence-corrected chi connectivity index (χ0v) is 16.3. The SMILES string of the molecule is O=Cc1ccc(N2CCN(CC3=C(c4ccc(Cl)cc4)CCC3)CC2)cc1. The van der Waals surface area contributed by atoms with Gasteiger partial charge in [-0.2, -0.15) is 0 Å². The van der Waals surface area contributed by atoms with E-state index in [1.165, 1.54) is 36.1 Å². The van der Waals surface area contributed by atoms with Gasteiger partial charge in [-0.05, 0) is 66.8 Å². The minimum Gasteiger partial charge on any atom is -0.369 e. The molecule has 2 aromatic rings. The smallest absolute Gasteiger partial charge is 0.150 e. The van der Waals surface area contributed by atoms with E-state index in [2.05, 4.69) is 34.1 Å². The highest BCUT2D eigenvalue weighted by Gasteiger charge is 2.22. The molecule has 0 saturated carbocycles. The van der Waals surface area contributed by atoms with Crippen LogP contribution in [0.5, 0.6) is 0 Å². The Kier molecular flexibility index (Phi) is 5.61. The highest BCUT2D eigenvalue weighted by Crippen LogP contribution is 2.35. The molecule has 0 N–H and O–H groups in total. The van der Waals surface area contributed by atoms with Crippen molar-refractivity contribution >= 4 is 29.1 Å². The topological polar surface area (TPSA) is 23.6 Å². The van der Waals surface area contributed by atoms with Crippen LogP contribution in [0.3, 0.4) is 0 Å². The van der Waals surface area contributed by atoms with Gasteiger partial charge in [-0.1, -0.05) is 29.3 Å². The lowest BCUT2D eigenvalue weighted by Gasteiger charge is -2.36. The van der Waals surface area contributed by atoms with Gasteiger partial charge in [-0.15, -0.1) is 0 Å². The Morgan fingerprint density at radius 3 is 2.26 bits per heavy atom. The van der Waals surface area contributed by atoms with Crippen LogP contribution in [0.25, 0.3) is 5.57 Å².